The predicted molar refractivity (Wildman–Crippen MR) is 83.0 cm³/mol. The Kier molecular flexibility index (Phi) is 4.41. The number of anilines is 1. The Hall–Kier alpha value is -2.29. The van der Waals surface area contributed by atoms with E-state index >= 15 is 0 Å². The molecule has 2 aromatic carbocycles. The van der Waals surface area contributed by atoms with Gasteiger partial charge in [0, 0.05) is 31.9 Å². The summed E-state index contributed by atoms with van der Waals surface area (Å²) in [5, 5.41) is 3.05. The van der Waals surface area contributed by atoms with E-state index in [2.05, 4.69) is 36.5 Å². The van der Waals surface area contributed by atoms with E-state index in [-0.39, 0.29) is 5.91 Å². The standard InChI is InChI=1S/C17H20N2O/c1-13-7-9-14(10-8-13)12-19(3)17(20)15-5-4-6-16(11-15)18-2/h4-11,18H,12H2,1-3H3. The topological polar surface area (TPSA) is 32.3 Å². The lowest BCUT2D eigenvalue weighted by atomic mass is 10.1. The number of hydrogen-bond acceptors (Lipinski definition) is 2. The largest absolute Gasteiger partial charge is 0.388 e. The molecule has 2 aromatic rings. The first kappa shape index (κ1) is 14.1. The first-order chi connectivity index (χ1) is 9.60. The summed E-state index contributed by atoms with van der Waals surface area (Å²) in [7, 11) is 3.67. The molecule has 0 bridgehead atoms. The Labute approximate surface area is 120 Å². The molecule has 0 saturated carbocycles. The van der Waals surface area contributed by atoms with Crippen molar-refractivity contribution in [1.29, 1.82) is 0 Å². The van der Waals surface area contributed by atoms with Gasteiger partial charge in [0.1, 0.15) is 0 Å². The second-order valence-corrected chi connectivity index (χ2v) is 4.98. The average molecular weight is 268 g/mol. The third-order valence-electron chi connectivity index (χ3n) is 3.29. The molecular weight excluding hydrogens is 248 g/mol. The first-order valence-corrected chi connectivity index (χ1v) is 6.69. The van der Waals surface area contributed by atoms with Crippen LogP contribution in [0.1, 0.15) is 21.5 Å². The van der Waals surface area contributed by atoms with E-state index in [1.54, 1.807) is 4.90 Å². The predicted octanol–water partition coefficient (Wildman–Crippen LogP) is 3.31. The zero-order chi connectivity index (χ0) is 14.5. The van der Waals surface area contributed by atoms with Gasteiger partial charge in [-0.1, -0.05) is 35.9 Å². The van der Waals surface area contributed by atoms with Crippen LogP contribution in [0.2, 0.25) is 0 Å². The molecule has 0 radical (unpaired) electrons. The summed E-state index contributed by atoms with van der Waals surface area (Å²) < 4.78 is 0. The Morgan fingerprint density at radius 1 is 1.15 bits per heavy atom. The second kappa shape index (κ2) is 6.24. The number of hydrogen-bond donors (Lipinski definition) is 1. The molecule has 0 aromatic heterocycles. The van der Waals surface area contributed by atoms with Gasteiger partial charge in [0.2, 0.25) is 0 Å². The van der Waals surface area contributed by atoms with Crippen LogP contribution < -0.4 is 5.32 Å². The molecule has 0 fully saturated rings. The van der Waals surface area contributed by atoms with E-state index in [1.807, 2.05) is 38.4 Å². The molecule has 3 heteroatoms. The highest BCUT2D eigenvalue weighted by Crippen LogP contribution is 2.13. The Bertz CT molecular complexity index is 590. The number of amides is 1. The summed E-state index contributed by atoms with van der Waals surface area (Å²) in [6.07, 6.45) is 0. The van der Waals surface area contributed by atoms with Crippen LogP contribution in [0.3, 0.4) is 0 Å². The zero-order valence-electron chi connectivity index (χ0n) is 12.2. The van der Waals surface area contributed by atoms with Gasteiger partial charge in [-0.2, -0.15) is 0 Å². The number of rotatable bonds is 4. The van der Waals surface area contributed by atoms with Gasteiger partial charge in [-0.15, -0.1) is 0 Å². The quantitative estimate of drug-likeness (QED) is 0.922. The number of carbonyl (C=O) groups excluding carboxylic acids is 1. The lowest BCUT2D eigenvalue weighted by Crippen LogP contribution is -2.26. The highest BCUT2D eigenvalue weighted by molar-refractivity contribution is 5.94. The molecule has 1 amide bonds. The van der Waals surface area contributed by atoms with Gasteiger partial charge in [-0.3, -0.25) is 4.79 Å². The molecular formula is C17H20N2O. The minimum atomic E-state index is 0.0303. The van der Waals surface area contributed by atoms with Crippen LogP contribution in [0.4, 0.5) is 5.69 Å². The fourth-order valence-electron chi connectivity index (χ4n) is 2.07. The normalized spacial score (nSPS) is 10.2. The lowest BCUT2D eigenvalue weighted by Gasteiger charge is -2.18. The third-order valence-corrected chi connectivity index (χ3v) is 3.29. The molecule has 0 spiro atoms. The van der Waals surface area contributed by atoms with E-state index in [4.69, 9.17) is 0 Å². The summed E-state index contributed by atoms with van der Waals surface area (Å²) in [6, 6.07) is 15.8. The molecule has 0 aliphatic heterocycles. The summed E-state index contributed by atoms with van der Waals surface area (Å²) in [4.78, 5) is 14.1. The van der Waals surface area contributed by atoms with E-state index < -0.39 is 0 Å². The van der Waals surface area contributed by atoms with Crippen molar-refractivity contribution in [3.8, 4) is 0 Å². The number of nitrogens with one attached hydrogen (secondary N) is 1. The van der Waals surface area contributed by atoms with Gasteiger partial charge in [0.05, 0.1) is 0 Å². The van der Waals surface area contributed by atoms with Crippen molar-refractivity contribution in [2.24, 2.45) is 0 Å². The SMILES string of the molecule is CNc1cccc(C(=O)N(C)Cc2ccc(C)cc2)c1. The molecule has 3 nitrogen and oxygen atoms in total. The molecule has 0 atom stereocenters. The van der Waals surface area contributed by atoms with E-state index in [0.29, 0.717) is 12.1 Å². The minimum absolute atomic E-state index is 0.0303. The Balaban J connectivity index is 2.09. The van der Waals surface area contributed by atoms with Crippen molar-refractivity contribution in [2.75, 3.05) is 19.4 Å². The van der Waals surface area contributed by atoms with Gasteiger partial charge >= 0.3 is 0 Å². The molecule has 0 heterocycles. The molecule has 104 valence electrons. The van der Waals surface area contributed by atoms with Gasteiger partial charge in [0.15, 0.2) is 0 Å². The Morgan fingerprint density at radius 3 is 2.50 bits per heavy atom. The van der Waals surface area contributed by atoms with Gasteiger partial charge in [0.25, 0.3) is 5.91 Å². The van der Waals surface area contributed by atoms with Crippen molar-refractivity contribution in [1.82, 2.24) is 4.90 Å². The molecule has 0 saturated heterocycles. The van der Waals surface area contributed by atoms with E-state index in [0.717, 1.165) is 11.3 Å². The highest BCUT2D eigenvalue weighted by Gasteiger charge is 2.12. The summed E-state index contributed by atoms with van der Waals surface area (Å²) >= 11 is 0. The fraction of sp³-hybridized carbons (Fsp3) is 0.235. The Morgan fingerprint density at radius 2 is 1.85 bits per heavy atom. The van der Waals surface area contributed by atoms with Crippen LogP contribution in [0.5, 0.6) is 0 Å². The molecule has 20 heavy (non-hydrogen) atoms. The number of aryl methyl sites for hydroxylation is 1. The van der Waals surface area contributed by atoms with Crippen molar-refractivity contribution >= 4 is 11.6 Å². The van der Waals surface area contributed by atoms with Gasteiger partial charge in [-0.05, 0) is 30.7 Å². The van der Waals surface area contributed by atoms with Crippen molar-refractivity contribution in [3.63, 3.8) is 0 Å². The van der Waals surface area contributed by atoms with Crippen molar-refractivity contribution in [3.05, 3.63) is 65.2 Å². The minimum Gasteiger partial charge on any atom is -0.388 e. The lowest BCUT2D eigenvalue weighted by molar-refractivity contribution is 0.0785. The molecule has 0 aliphatic carbocycles. The molecule has 1 N–H and O–H groups in total. The number of benzene rings is 2. The highest BCUT2D eigenvalue weighted by atomic mass is 16.2. The monoisotopic (exact) mass is 268 g/mol. The maximum atomic E-state index is 12.4. The molecule has 0 aliphatic rings. The fourth-order valence-corrected chi connectivity index (χ4v) is 2.07. The van der Waals surface area contributed by atoms with Crippen LogP contribution in [0.15, 0.2) is 48.5 Å². The van der Waals surface area contributed by atoms with E-state index in [9.17, 15) is 4.79 Å². The second-order valence-electron chi connectivity index (χ2n) is 4.98. The summed E-state index contributed by atoms with van der Waals surface area (Å²) in [5.74, 6) is 0.0303. The van der Waals surface area contributed by atoms with Crippen LogP contribution in [0.25, 0.3) is 0 Å². The zero-order valence-corrected chi connectivity index (χ0v) is 12.2. The number of nitrogens with zero attached hydrogens (tertiary/aromatic N) is 1. The molecule has 0 unspecified atom stereocenters. The van der Waals surface area contributed by atoms with Gasteiger partial charge in [-0.25, -0.2) is 0 Å². The van der Waals surface area contributed by atoms with Crippen LogP contribution in [0, 0.1) is 6.92 Å². The maximum absolute atomic E-state index is 12.4. The molecule has 2 rings (SSSR count). The van der Waals surface area contributed by atoms with Crippen molar-refractivity contribution in [2.45, 2.75) is 13.5 Å². The van der Waals surface area contributed by atoms with Crippen LogP contribution >= 0.6 is 0 Å². The van der Waals surface area contributed by atoms with Crippen molar-refractivity contribution < 1.29 is 4.79 Å². The average Bonchev–Trinajstić information content (AvgIpc) is 2.48. The van der Waals surface area contributed by atoms with Gasteiger partial charge < -0.3 is 10.2 Å². The summed E-state index contributed by atoms with van der Waals surface area (Å²) in [6.45, 7) is 2.67. The van der Waals surface area contributed by atoms with Crippen LogP contribution in [-0.2, 0) is 6.54 Å². The summed E-state index contributed by atoms with van der Waals surface area (Å²) in [5.41, 5.74) is 4.01. The smallest absolute Gasteiger partial charge is 0.253 e. The maximum Gasteiger partial charge on any atom is 0.253 e. The van der Waals surface area contributed by atoms with Crippen LogP contribution in [-0.4, -0.2) is 24.9 Å². The van der Waals surface area contributed by atoms with E-state index in [1.165, 1.54) is 5.56 Å². The first-order valence-electron chi connectivity index (χ1n) is 6.69. The number of carbonyl (C=O) groups is 1. The third kappa shape index (κ3) is 3.38.